The minimum atomic E-state index is -4.45. The first-order valence-corrected chi connectivity index (χ1v) is 14.6. The van der Waals surface area contributed by atoms with Gasteiger partial charge in [-0.1, -0.05) is 39.8 Å². The molecule has 1 fully saturated rings. The number of hydrogen-bond acceptors (Lipinski definition) is 6. The van der Waals surface area contributed by atoms with Crippen LogP contribution in [0.1, 0.15) is 38.9 Å². The van der Waals surface area contributed by atoms with Crippen molar-refractivity contribution in [3.05, 3.63) is 76.4 Å². The highest BCUT2D eigenvalue weighted by Crippen LogP contribution is 2.43. The minimum absolute atomic E-state index is 0.0585. The Morgan fingerprint density at radius 1 is 1.13 bits per heavy atom. The first-order valence-electron chi connectivity index (χ1n) is 12.7. The molecule has 0 amide bonds. The summed E-state index contributed by atoms with van der Waals surface area (Å²) in [6.07, 6.45) is -2.72. The van der Waals surface area contributed by atoms with E-state index in [1.165, 1.54) is 36.1 Å². The van der Waals surface area contributed by atoms with E-state index in [0.717, 1.165) is 54.8 Å². The van der Waals surface area contributed by atoms with Gasteiger partial charge in [-0.05, 0) is 42.4 Å². The minimum Gasteiger partial charge on any atom is -0.465 e. The van der Waals surface area contributed by atoms with Crippen LogP contribution in [0, 0.1) is 0 Å². The summed E-state index contributed by atoms with van der Waals surface area (Å²) in [7, 11) is 3.39. The summed E-state index contributed by atoms with van der Waals surface area (Å²) in [6.45, 7) is 6.72. The number of imidazole rings is 1. The molecule has 11 heteroatoms. The lowest BCUT2D eigenvalue weighted by Crippen LogP contribution is -2.43. The molecule has 0 saturated carbocycles. The van der Waals surface area contributed by atoms with E-state index in [-0.39, 0.29) is 14.1 Å². The maximum Gasteiger partial charge on any atom is 0.416 e. The molecular weight excluding hydrogens is 544 g/mol. The molecule has 5 rings (SSSR count). The largest absolute Gasteiger partial charge is 0.465 e. The first-order chi connectivity index (χ1) is 18.6. The highest BCUT2D eigenvalue weighted by atomic mass is 32.1. The fourth-order valence-electron chi connectivity index (χ4n) is 4.88. The van der Waals surface area contributed by atoms with Crippen molar-refractivity contribution in [2.75, 3.05) is 40.3 Å². The molecule has 0 N–H and O–H groups in total. The SMILES string of the molecule is COC(=O)c1sc(-n2cnc3ccc(CN4CCN(C)CC4)cc32)cc1PC(C)c1ccccc1C(F)(F)F. The van der Waals surface area contributed by atoms with Crippen molar-refractivity contribution in [3.8, 4) is 5.00 Å². The Morgan fingerprint density at radius 3 is 2.59 bits per heavy atom. The smallest absolute Gasteiger partial charge is 0.416 e. The number of rotatable bonds is 7. The van der Waals surface area contributed by atoms with Gasteiger partial charge >= 0.3 is 12.1 Å². The maximum atomic E-state index is 13.7. The zero-order valence-electron chi connectivity index (χ0n) is 22.0. The average molecular weight is 575 g/mol. The van der Waals surface area contributed by atoms with E-state index in [1.54, 1.807) is 19.3 Å². The first kappa shape index (κ1) is 27.8. The monoisotopic (exact) mass is 574 g/mol. The Kier molecular flexibility index (Phi) is 8.10. The average Bonchev–Trinajstić information content (AvgIpc) is 3.53. The number of alkyl halides is 3. The van der Waals surface area contributed by atoms with Crippen LogP contribution in [0.15, 0.2) is 54.9 Å². The summed E-state index contributed by atoms with van der Waals surface area (Å²) >= 11 is 1.27. The Labute approximate surface area is 231 Å². The number of benzene rings is 2. The van der Waals surface area contributed by atoms with Crippen LogP contribution in [0.5, 0.6) is 0 Å². The molecule has 4 aromatic rings. The summed E-state index contributed by atoms with van der Waals surface area (Å²) < 4.78 is 48.0. The predicted molar refractivity (Wildman–Crippen MR) is 151 cm³/mol. The number of esters is 1. The van der Waals surface area contributed by atoms with Gasteiger partial charge in [-0.15, -0.1) is 11.3 Å². The molecule has 2 aromatic carbocycles. The molecule has 39 heavy (non-hydrogen) atoms. The van der Waals surface area contributed by atoms with Gasteiger partial charge in [0, 0.05) is 43.7 Å². The van der Waals surface area contributed by atoms with Crippen LogP contribution in [-0.2, 0) is 17.5 Å². The molecule has 2 aromatic heterocycles. The van der Waals surface area contributed by atoms with Crippen molar-refractivity contribution in [3.63, 3.8) is 0 Å². The molecule has 206 valence electrons. The second-order valence-electron chi connectivity index (χ2n) is 9.79. The zero-order chi connectivity index (χ0) is 27.7. The van der Waals surface area contributed by atoms with Crippen molar-refractivity contribution in [2.24, 2.45) is 0 Å². The van der Waals surface area contributed by atoms with Gasteiger partial charge in [-0.2, -0.15) is 13.2 Å². The molecule has 2 unspecified atom stereocenters. The Balaban J connectivity index is 1.46. The molecule has 0 bridgehead atoms. The van der Waals surface area contributed by atoms with Gasteiger partial charge in [0.2, 0.25) is 0 Å². The van der Waals surface area contributed by atoms with Crippen LogP contribution in [-0.4, -0.2) is 65.7 Å². The van der Waals surface area contributed by atoms with Crippen LogP contribution >= 0.6 is 19.9 Å². The number of carbonyl (C=O) groups excluding carboxylic acids is 1. The van der Waals surface area contributed by atoms with Crippen molar-refractivity contribution >= 4 is 42.2 Å². The fraction of sp³-hybridized carbons (Fsp3) is 0.357. The highest BCUT2D eigenvalue weighted by Gasteiger charge is 2.34. The summed E-state index contributed by atoms with van der Waals surface area (Å²) in [5.41, 5.74) is 2.06. The summed E-state index contributed by atoms with van der Waals surface area (Å²) in [5, 5.41) is 1.45. The quantitative estimate of drug-likeness (QED) is 0.209. The Bertz CT molecular complexity index is 1480. The molecule has 0 aliphatic carbocycles. The van der Waals surface area contributed by atoms with Crippen LogP contribution in [0.2, 0.25) is 0 Å². The second kappa shape index (κ2) is 11.4. The van der Waals surface area contributed by atoms with Crippen molar-refractivity contribution in [1.82, 2.24) is 19.4 Å². The molecular formula is C28H30F3N4O2PS. The van der Waals surface area contributed by atoms with Gasteiger partial charge in [0.15, 0.2) is 0 Å². The van der Waals surface area contributed by atoms with Crippen molar-refractivity contribution in [1.29, 1.82) is 0 Å². The number of methoxy groups -OCH3 is 1. The Hall–Kier alpha value is -2.78. The predicted octanol–water partition coefficient (Wildman–Crippen LogP) is 5.70. The lowest BCUT2D eigenvalue weighted by Gasteiger charge is -2.32. The lowest BCUT2D eigenvalue weighted by molar-refractivity contribution is -0.138. The third kappa shape index (κ3) is 6.04. The molecule has 2 atom stereocenters. The lowest BCUT2D eigenvalue weighted by atomic mass is 10.0. The number of nitrogens with zero attached hydrogens (tertiary/aromatic N) is 4. The number of carbonyl (C=O) groups is 1. The number of fused-ring (bicyclic) bond motifs is 1. The van der Waals surface area contributed by atoms with E-state index >= 15 is 0 Å². The maximum absolute atomic E-state index is 13.7. The summed E-state index contributed by atoms with van der Waals surface area (Å²) in [5.74, 6) is -0.495. The number of aromatic nitrogens is 2. The summed E-state index contributed by atoms with van der Waals surface area (Å²) in [6, 6.07) is 13.7. The third-order valence-electron chi connectivity index (χ3n) is 7.05. The van der Waals surface area contributed by atoms with Gasteiger partial charge in [0.05, 0.1) is 23.7 Å². The van der Waals surface area contributed by atoms with Crippen molar-refractivity contribution in [2.45, 2.75) is 25.3 Å². The zero-order valence-corrected chi connectivity index (χ0v) is 23.8. The number of piperazine rings is 1. The standard InChI is InChI=1S/C28H30F3N4O2PS/c1-18(20-6-4-5-7-21(20)28(29,30)31)38-24-15-25(39-26(24)27(36)37-3)35-17-32-22-9-8-19(14-23(22)35)16-34-12-10-33(2)11-13-34/h4-9,14-15,17-18,38H,10-13,16H2,1-3H3. The second-order valence-corrected chi connectivity index (χ2v) is 12.5. The van der Waals surface area contributed by atoms with Gasteiger partial charge < -0.3 is 9.64 Å². The van der Waals surface area contributed by atoms with Gasteiger partial charge in [0.25, 0.3) is 0 Å². The molecule has 0 radical (unpaired) electrons. The van der Waals surface area contributed by atoms with E-state index in [2.05, 4.69) is 34.0 Å². The number of ether oxygens (including phenoxy) is 1. The molecule has 1 aliphatic rings. The molecule has 3 heterocycles. The van der Waals surface area contributed by atoms with Crippen LogP contribution in [0.4, 0.5) is 13.2 Å². The third-order valence-corrected chi connectivity index (χ3v) is 9.79. The number of hydrogen-bond donors (Lipinski definition) is 0. The van der Waals surface area contributed by atoms with E-state index < -0.39 is 23.4 Å². The van der Waals surface area contributed by atoms with E-state index in [1.807, 2.05) is 16.7 Å². The fourth-order valence-corrected chi connectivity index (χ4v) is 7.61. The topological polar surface area (TPSA) is 50.6 Å². The number of halogens is 3. The van der Waals surface area contributed by atoms with E-state index in [9.17, 15) is 18.0 Å². The summed E-state index contributed by atoms with van der Waals surface area (Å²) in [4.78, 5) is 22.4. The number of likely N-dealkylation sites (N-methyl/N-ethyl adjacent to an activating group) is 1. The molecule has 1 saturated heterocycles. The molecule has 0 spiro atoms. The Morgan fingerprint density at radius 2 is 1.87 bits per heavy atom. The van der Waals surface area contributed by atoms with Crippen LogP contribution < -0.4 is 5.30 Å². The molecule has 1 aliphatic heterocycles. The van der Waals surface area contributed by atoms with E-state index in [4.69, 9.17) is 4.74 Å². The van der Waals surface area contributed by atoms with Gasteiger partial charge in [0.1, 0.15) is 16.2 Å². The van der Waals surface area contributed by atoms with E-state index in [0.29, 0.717) is 10.2 Å². The number of thiophene rings is 1. The van der Waals surface area contributed by atoms with Crippen LogP contribution in [0.3, 0.4) is 0 Å². The van der Waals surface area contributed by atoms with Crippen LogP contribution in [0.25, 0.3) is 16.0 Å². The van der Waals surface area contributed by atoms with Gasteiger partial charge in [-0.25, -0.2) is 9.78 Å². The highest BCUT2D eigenvalue weighted by molar-refractivity contribution is 7.49. The normalized spacial score (nSPS) is 16.4. The van der Waals surface area contributed by atoms with Crippen molar-refractivity contribution < 1.29 is 22.7 Å². The van der Waals surface area contributed by atoms with Gasteiger partial charge in [-0.3, -0.25) is 9.47 Å². The molecule has 6 nitrogen and oxygen atoms in total.